The Hall–Kier alpha value is -0.760. The lowest BCUT2D eigenvalue weighted by atomic mass is 10.1. The second kappa shape index (κ2) is 5.93. The molecule has 0 saturated heterocycles. The lowest BCUT2D eigenvalue weighted by molar-refractivity contribution is 0.601. The highest BCUT2D eigenvalue weighted by Crippen LogP contribution is 2.32. The average molecular weight is 344 g/mol. The highest BCUT2D eigenvalue weighted by molar-refractivity contribution is 8.00. The van der Waals surface area contributed by atoms with Crippen molar-refractivity contribution in [3.05, 3.63) is 33.7 Å². The molecule has 0 atom stereocenters. The Morgan fingerprint density at radius 2 is 2.05 bits per heavy atom. The summed E-state index contributed by atoms with van der Waals surface area (Å²) in [5.74, 6) is 0. The van der Waals surface area contributed by atoms with Gasteiger partial charge in [0.2, 0.25) is 0 Å². The molecule has 0 saturated carbocycles. The van der Waals surface area contributed by atoms with Crippen LogP contribution in [0, 0.1) is 10.7 Å². The van der Waals surface area contributed by atoms with Gasteiger partial charge in [0, 0.05) is 11.8 Å². The Morgan fingerprint density at radius 1 is 1.35 bits per heavy atom. The third kappa shape index (κ3) is 3.28. The Bertz CT molecular complexity index is 809. The molecule has 0 N–H and O–H groups in total. The van der Waals surface area contributed by atoms with Crippen molar-refractivity contribution in [2.75, 3.05) is 12.5 Å². The van der Waals surface area contributed by atoms with Gasteiger partial charge in [-0.15, -0.1) is 0 Å². The standard InChI is InChI=1S/C13H13NO2S4/c1-8-5-4-6-9(7-8)10-11(20(3,15)16)12(17)19-13(14-10)18-2/h4-7H,1-3H3. The number of aryl methyl sites for hydroxylation is 1. The van der Waals surface area contributed by atoms with E-state index in [1.54, 1.807) is 0 Å². The van der Waals surface area contributed by atoms with Crippen molar-refractivity contribution >= 4 is 45.2 Å². The van der Waals surface area contributed by atoms with Crippen LogP contribution < -0.4 is 0 Å². The molecule has 106 valence electrons. The lowest BCUT2D eigenvalue weighted by Crippen LogP contribution is -2.03. The number of rotatable bonds is 3. The van der Waals surface area contributed by atoms with Gasteiger partial charge < -0.3 is 0 Å². The molecule has 3 nitrogen and oxygen atoms in total. The molecule has 1 aromatic carbocycles. The van der Waals surface area contributed by atoms with E-state index in [2.05, 4.69) is 4.98 Å². The molecular weight excluding hydrogens is 330 g/mol. The third-order valence-electron chi connectivity index (χ3n) is 2.62. The zero-order chi connectivity index (χ0) is 14.9. The van der Waals surface area contributed by atoms with E-state index >= 15 is 0 Å². The molecule has 0 spiro atoms. The van der Waals surface area contributed by atoms with E-state index in [9.17, 15) is 8.42 Å². The fraction of sp³-hybridized carbons (Fsp3) is 0.231. The van der Waals surface area contributed by atoms with E-state index in [4.69, 9.17) is 12.2 Å². The summed E-state index contributed by atoms with van der Waals surface area (Å²) in [5, 5.41) is 0. The van der Waals surface area contributed by atoms with Gasteiger partial charge in [0.15, 0.2) is 14.2 Å². The fourth-order valence-corrected chi connectivity index (χ4v) is 5.38. The highest BCUT2D eigenvalue weighted by atomic mass is 32.2. The van der Waals surface area contributed by atoms with Gasteiger partial charge in [0.25, 0.3) is 0 Å². The maximum absolute atomic E-state index is 12.0. The first-order valence-electron chi connectivity index (χ1n) is 5.69. The van der Waals surface area contributed by atoms with E-state index in [-0.39, 0.29) is 4.90 Å². The van der Waals surface area contributed by atoms with E-state index in [1.807, 2.05) is 37.4 Å². The van der Waals surface area contributed by atoms with Crippen molar-refractivity contribution in [3.63, 3.8) is 0 Å². The first kappa shape index (κ1) is 15.6. The zero-order valence-electron chi connectivity index (χ0n) is 11.2. The molecule has 0 aliphatic rings. The monoisotopic (exact) mass is 343 g/mol. The highest BCUT2D eigenvalue weighted by Gasteiger charge is 2.20. The van der Waals surface area contributed by atoms with Gasteiger partial charge in [0.05, 0.1) is 5.69 Å². The molecule has 1 heterocycles. The van der Waals surface area contributed by atoms with Crippen LogP contribution in [0.2, 0.25) is 0 Å². The van der Waals surface area contributed by atoms with E-state index in [1.165, 1.54) is 29.4 Å². The molecule has 7 heteroatoms. The molecule has 0 fully saturated rings. The predicted octanol–water partition coefficient (Wildman–Crippen LogP) is 3.97. The molecule has 0 unspecified atom stereocenters. The van der Waals surface area contributed by atoms with Gasteiger partial charge in [-0.2, -0.15) is 0 Å². The summed E-state index contributed by atoms with van der Waals surface area (Å²) in [6.45, 7) is 1.96. The van der Waals surface area contributed by atoms with Crippen LogP contribution in [0.3, 0.4) is 0 Å². The summed E-state index contributed by atoms with van der Waals surface area (Å²) >= 11 is 7.95. The first-order valence-corrected chi connectivity index (χ1v) is 10.0. The first-order chi connectivity index (χ1) is 9.32. The summed E-state index contributed by atoms with van der Waals surface area (Å²) in [4.78, 5) is 4.62. The molecule has 0 aliphatic heterocycles. The van der Waals surface area contributed by atoms with Crippen LogP contribution in [0.15, 0.2) is 33.5 Å². The predicted molar refractivity (Wildman–Crippen MR) is 88.0 cm³/mol. The van der Waals surface area contributed by atoms with Crippen molar-refractivity contribution in [2.45, 2.75) is 16.2 Å². The Balaban J connectivity index is 2.86. The minimum absolute atomic E-state index is 0.154. The Kier molecular flexibility index (Phi) is 4.63. The lowest BCUT2D eigenvalue weighted by Gasteiger charge is -2.09. The number of hydrogen-bond acceptors (Lipinski definition) is 6. The number of hydrogen-bond donors (Lipinski definition) is 0. The molecule has 2 rings (SSSR count). The minimum Gasteiger partial charge on any atom is -0.229 e. The normalized spacial score (nSPS) is 11.6. The van der Waals surface area contributed by atoms with E-state index in [0.717, 1.165) is 15.5 Å². The van der Waals surface area contributed by atoms with Gasteiger partial charge in [-0.3, -0.25) is 0 Å². The molecule has 0 radical (unpaired) electrons. The maximum Gasteiger partial charge on any atom is 0.179 e. The average Bonchev–Trinajstić information content (AvgIpc) is 2.36. The molecule has 0 aliphatic carbocycles. The van der Waals surface area contributed by atoms with Crippen molar-refractivity contribution < 1.29 is 8.42 Å². The Morgan fingerprint density at radius 3 is 2.60 bits per heavy atom. The quantitative estimate of drug-likeness (QED) is 0.623. The summed E-state index contributed by atoms with van der Waals surface area (Å²) < 4.78 is 25.2. The Labute approximate surface area is 132 Å². The van der Waals surface area contributed by atoms with Crippen LogP contribution in [-0.4, -0.2) is 25.9 Å². The van der Waals surface area contributed by atoms with E-state index < -0.39 is 9.84 Å². The molecular formula is C13H13NO2S4. The molecule has 1 aromatic heterocycles. The molecule has 20 heavy (non-hydrogen) atoms. The second-order valence-corrected chi connectivity index (χ2v) is 8.96. The summed E-state index contributed by atoms with van der Waals surface area (Å²) in [6.07, 6.45) is 3.07. The summed E-state index contributed by atoms with van der Waals surface area (Å²) in [5.41, 5.74) is 2.27. The fourth-order valence-electron chi connectivity index (χ4n) is 1.79. The van der Waals surface area contributed by atoms with Crippen molar-refractivity contribution in [1.82, 2.24) is 4.98 Å². The van der Waals surface area contributed by atoms with Gasteiger partial charge in [0.1, 0.15) is 8.72 Å². The minimum atomic E-state index is -3.42. The van der Waals surface area contributed by atoms with Crippen LogP contribution in [0.5, 0.6) is 0 Å². The molecule has 0 bridgehead atoms. The van der Waals surface area contributed by atoms with Crippen LogP contribution in [-0.2, 0) is 9.84 Å². The molecule has 0 amide bonds. The second-order valence-electron chi connectivity index (χ2n) is 4.29. The van der Waals surface area contributed by atoms with Gasteiger partial charge >= 0.3 is 0 Å². The van der Waals surface area contributed by atoms with Gasteiger partial charge in [-0.25, -0.2) is 13.4 Å². The zero-order valence-corrected chi connectivity index (χ0v) is 14.5. The van der Waals surface area contributed by atoms with Crippen LogP contribution in [0.1, 0.15) is 5.56 Å². The number of benzene rings is 1. The van der Waals surface area contributed by atoms with Gasteiger partial charge in [-0.05, 0) is 19.2 Å². The smallest absolute Gasteiger partial charge is 0.179 e. The number of sulfone groups is 1. The maximum atomic E-state index is 12.0. The molecule has 2 aromatic rings. The van der Waals surface area contributed by atoms with E-state index in [0.29, 0.717) is 9.52 Å². The van der Waals surface area contributed by atoms with Crippen LogP contribution >= 0.6 is 35.3 Å². The van der Waals surface area contributed by atoms with Crippen LogP contribution in [0.4, 0.5) is 0 Å². The van der Waals surface area contributed by atoms with Crippen molar-refractivity contribution in [3.8, 4) is 11.3 Å². The summed E-state index contributed by atoms with van der Waals surface area (Å²) in [7, 11) is -3.42. The largest absolute Gasteiger partial charge is 0.229 e. The van der Waals surface area contributed by atoms with Gasteiger partial charge in [-0.1, -0.05) is 59.1 Å². The SMILES string of the molecule is CSc1nc(-c2cccc(C)c2)c(S(C)(=O)=O)c(=S)s1. The summed E-state index contributed by atoms with van der Waals surface area (Å²) in [6, 6.07) is 7.62. The number of nitrogens with zero attached hydrogens (tertiary/aromatic N) is 1. The number of aromatic nitrogens is 1. The third-order valence-corrected chi connectivity index (χ3v) is 6.32. The van der Waals surface area contributed by atoms with Crippen molar-refractivity contribution in [2.24, 2.45) is 0 Å². The van der Waals surface area contributed by atoms with Crippen molar-refractivity contribution in [1.29, 1.82) is 0 Å². The topological polar surface area (TPSA) is 47.0 Å². The number of thioether (sulfide) groups is 1. The van der Waals surface area contributed by atoms with Crippen LogP contribution in [0.25, 0.3) is 11.3 Å².